The number of hydrogen-bond acceptors (Lipinski definition) is 5. The Morgan fingerprint density at radius 1 is 1.35 bits per heavy atom. The average molecular weight is 280 g/mol. The molecule has 0 aromatic heterocycles. The van der Waals surface area contributed by atoms with E-state index in [1.54, 1.807) is 18.2 Å². The summed E-state index contributed by atoms with van der Waals surface area (Å²) in [6.45, 7) is 2.50. The summed E-state index contributed by atoms with van der Waals surface area (Å²) >= 11 is 0. The van der Waals surface area contributed by atoms with Gasteiger partial charge in [0.05, 0.1) is 11.5 Å². The number of aliphatic hydroxyl groups excluding tert-OH is 1. The summed E-state index contributed by atoms with van der Waals surface area (Å²) in [7, 11) is 0. The predicted octanol–water partition coefficient (Wildman–Crippen LogP) is 1.47. The lowest BCUT2D eigenvalue weighted by molar-refractivity contribution is -0.385. The normalized spacial score (nSPS) is 17.9. The van der Waals surface area contributed by atoms with E-state index in [1.807, 2.05) is 0 Å². The third-order valence-corrected chi connectivity index (χ3v) is 3.89. The summed E-state index contributed by atoms with van der Waals surface area (Å²) in [5.41, 5.74) is 0.629. The zero-order valence-corrected chi connectivity index (χ0v) is 11.4. The maximum Gasteiger partial charge on any atom is 0.273 e. The lowest BCUT2D eigenvalue weighted by Crippen LogP contribution is -2.41. The Morgan fingerprint density at radius 2 is 2.05 bits per heavy atom. The molecular formula is C14H20N2O4. The molecule has 1 aromatic rings. The highest BCUT2D eigenvalue weighted by Crippen LogP contribution is 2.29. The molecule has 1 aromatic carbocycles. The molecule has 1 heterocycles. The second-order valence-electron chi connectivity index (χ2n) is 5.26. The number of rotatable bonds is 6. The lowest BCUT2D eigenvalue weighted by atomic mass is 9.81. The lowest BCUT2D eigenvalue weighted by Gasteiger charge is -2.35. The van der Waals surface area contributed by atoms with Crippen LogP contribution < -0.4 is 5.32 Å². The first-order valence-corrected chi connectivity index (χ1v) is 6.78. The minimum absolute atomic E-state index is 0.111. The molecule has 1 aliphatic rings. The van der Waals surface area contributed by atoms with Gasteiger partial charge >= 0.3 is 0 Å². The van der Waals surface area contributed by atoms with E-state index in [9.17, 15) is 15.2 Å². The standard InChI is InChI=1S/C14H20N2O4/c17-11-14(5-7-20-8-6-14)10-15-9-12-3-1-2-4-13(12)16(18)19/h1-4,15,17H,5-11H2. The zero-order valence-electron chi connectivity index (χ0n) is 11.4. The number of nitro benzene ring substituents is 1. The molecular weight excluding hydrogens is 260 g/mol. The van der Waals surface area contributed by atoms with E-state index in [4.69, 9.17) is 4.74 Å². The molecule has 0 unspecified atom stereocenters. The van der Waals surface area contributed by atoms with E-state index in [2.05, 4.69) is 5.32 Å². The fourth-order valence-electron chi connectivity index (χ4n) is 2.50. The van der Waals surface area contributed by atoms with Gasteiger partial charge in [0.2, 0.25) is 0 Å². The maximum atomic E-state index is 10.9. The van der Waals surface area contributed by atoms with Gasteiger partial charge in [0.1, 0.15) is 0 Å². The van der Waals surface area contributed by atoms with Crippen LogP contribution in [0.3, 0.4) is 0 Å². The highest BCUT2D eigenvalue weighted by molar-refractivity contribution is 5.39. The number of ether oxygens (including phenoxy) is 1. The number of nitrogens with zero attached hydrogens (tertiary/aromatic N) is 1. The highest BCUT2D eigenvalue weighted by Gasteiger charge is 2.31. The maximum absolute atomic E-state index is 10.9. The second-order valence-corrected chi connectivity index (χ2v) is 5.26. The summed E-state index contributed by atoms with van der Waals surface area (Å²) < 4.78 is 5.31. The molecule has 0 radical (unpaired) electrons. The predicted molar refractivity (Wildman–Crippen MR) is 74.4 cm³/mol. The van der Waals surface area contributed by atoms with E-state index in [1.165, 1.54) is 6.07 Å². The van der Waals surface area contributed by atoms with E-state index < -0.39 is 0 Å². The first-order chi connectivity index (χ1) is 9.67. The van der Waals surface area contributed by atoms with Crippen LogP contribution in [0.4, 0.5) is 5.69 Å². The van der Waals surface area contributed by atoms with Crippen LogP contribution in [-0.2, 0) is 11.3 Å². The van der Waals surface area contributed by atoms with Crippen LogP contribution in [0, 0.1) is 15.5 Å². The molecule has 0 aliphatic carbocycles. The molecule has 1 fully saturated rings. The Bertz CT molecular complexity index is 458. The molecule has 0 spiro atoms. The molecule has 0 bridgehead atoms. The number of benzene rings is 1. The van der Waals surface area contributed by atoms with Gasteiger partial charge in [0.25, 0.3) is 5.69 Å². The number of nitro groups is 1. The largest absolute Gasteiger partial charge is 0.396 e. The van der Waals surface area contributed by atoms with Crippen LogP contribution in [0.2, 0.25) is 0 Å². The minimum atomic E-state index is -0.368. The van der Waals surface area contributed by atoms with Crippen molar-refractivity contribution in [3.05, 3.63) is 39.9 Å². The monoisotopic (exact) mass is 280 g/mol. The van der Waals surface area contributed by atoms with Gasteiger partial charge in [-0.05, 0) is 12.8 Å². The van der Waals surface area contributed by atoms with Gasteiger partial charge in [-0.25, -0.2) is 0 Å². The average Bonchev–Trinajstić information content (AvgIpc) is 2.48. The quantitative estimate of drug-likeness (QED) is 0.609. The van der Waals surface area contributed by atoms with E-state index in [-0.39, 0.29) is 22.6 Å². The molecule has 0 atom stereocenters. The molecule has 1 saturated heterocycles. The molecule has 20 heavy (non-hydrogen) atoms. The molecule has 110 valence electrons. The van der Waals surface area contributed by atoms with Crippen LogP contribution >= 0.6 is 0 Å². The second kappa shape index (κ2) is 6.78. The van der Waals surface area contributed by atoms with Gasteiger partial charge in [-0.1, -0.05) is 18.2 Å². The van der Waals surface area contributed by atoms with E-state index >= 15 is 0 Å². The van der Waals surface area contributed by atoms with Crippen LogP contribution in [-0.4, -0.2) is 36.4 Å². The van der Waals surface area contributed by atoms with Crippen molar-refractivity contribution < 1.29 is 14.8 Å². The molecule has 2 rings (SSSR count). The van der Waals surface area contributed by atoms with Crippen LogP contribution in [0.1, 0.15) is 18.4 Å². The summed E-state index contributed by atoms with van der Waals surface area (Å²) in [5, 5.41) is 23.7. The van der Waals surface area contributed by atoms with Crippen molar-refractivity contribution in [1.29, 1.82) is 0 Å². The van der Waals surface area contributed by atoms with Gasteiger partial charge < -0.3 is 15.2 Å². The third-order valence-electron chi connectivity index (χ3n) is 3.89. The summed E-state index contributed by atoms with van der Waals surface area (Å²) in [6.07, 6.45) is 1.63. The summed E-state index contributed by atoms with van der Waals surface area (Å²) in [6, 6.07) is 6.71. The van der Waals surface area contributed by atoms with Crippen molar-refractivity contribution in [1.82, 2.24) is 5.32 Å². The van der Waals surface area contributed by atoms with Crippen LogP contribution in [0.25, 0.3) is 0 Å². The Balaban J connectivity index is 1.94. The minimum Gasteiger partial charge on any atom is -0.396 e. The van der Waals surface area contributed by atoms with Crippen molar-refractivity contribution in [3.8, 4) is 0 Å². The molecule has 1 aliphatic heterocycles. The number of nitrogens with one attached hydrogen (secondary N) is 1. The number of para-hydroxylation sites is 1. The molecule has 6 nitrogen and oxygen atoms in total. The van der Waals surface area contributed by atoms with Crippen molar-refractivity contribution in [3.63, 3.8) is 0 Å². The number of aliphatic hydroxyl groups is 1. The molecule has 0 amide bonds. The molecule has 2 N–H and O–H groups in total. The van der Waals surface area contributed by atoms with Gasteiger partial charge in [-0.3, -0.25) is 10.1 Å². The topological polar surface area (TPSA) is 84.6 Å². The van der Waals surface area contributed by atoms with Crippen molar-refractivity contribution in [2.75, 3.05) is 26.4 Å². The van der Waals surface area contributed by atoms with Crippen molar-refractivity contribution in [2.45, 2.75) is 19.4 Å². The van der Waals surface area contributed by atoms with Gasteiger partial charge in [-0.2, -0.15) is 0 Å². The summed E-state index contributed by atoms with van der Waals surface area (Å²) in [5.74, 6) is 0. The number of hydrogen-bond donors (Lipinski definition) is 2. The third kappa shape index (κ3) is 3.53. The van der Waals surface area contributed by atoms with Gasteiger partial charge in [0.15, 0.2) is 0 Å². The Hall–Kier alpha value is -1.50. The van der Waals surface area contributed by atoms with Crippen molar-refractivity contribution >= 4 is 5.69 Å². The van der Waals surface area contributed by atoms with E-state index in [0.29, 0.717) is 31.9 Å². The Labute approximate surface area is 117 Å². The first kappa shape index (κ1) is 14.9. The van der Waals surface area contributed by atoms with Gasteiger partial charge in [-0.15, -0.1) is 0 Å². The van der Waals surface area contributed by atoms with Crippen LogP contribution in [0.5, 0.6) is 0 Å². The fraction of sp³-hybridized carbons (Fsp3) is 0.571. The van der Waals surface area contributed by atoms with E-state index in [0.717, 1.165) is 12.8 Å². The Kier molecular flexibility index (Phi) is 5.05. The SMILES string of the molecule is O=[N+]([O-])c1ccccc1CNCC1(CO)CCOCC1. The smallest absolute Gasteiger partial charge is 0.273 e. The van der Waals surface area contributed by atoms with Gasteiger partial charge in [0, 0.05) is 43.3 Å². The highest BCUT2D eigenvalue weighted by atomic mass is 16.6. The van der Waals surface area contributed by atoms with Crippen LogP contribution in [0.15, 0.2) is 24.3 Å². The first-order valence-electron chi connectivity index (χ1n) is 6.78. The summed E-state index contributed by atoms with van der Waals surface area (Å²) in [4.78, 5) is 10.6. The molecule has 0 saturated carbocycles. The molecule has 6 heteroatoms. The van der Waals surface area contributed by atoms with Crippen molar-refractivity contribution in [2.24, 2.45) is 5.41 Å². The zero-order chi connectivity index (χ0) is 14.4. The fourth-order valence-corrected chi connectivity index (χ4v) is 2.50. The Morgan fingerprint density at radius 3 is 2.70 bits per heavy atom.